The van der Waals surface area contributed by atoms with E-state index >= 15 is 0 Å². The maximum Gasteiger partial charge on any atom is 0.253 e. The molecule has 0 N–H and O–H groups in total. The fourth-order valence-electron chi connectivity index (χ4n) is 5.08. The van der Waals surface area contributed by atoms with Gasteiger partial charge in [-0.25, -0.2) is 8.42 Å². The largest absolute Gasteiger partial charge is 0.357 e. The van der Waals surface area contributed by atoms with Crippen molar-refractivity contribution < 1.29 is 22.7 Å². The van der Waals surface area contributed by atoms with Gasteiger partial charge < -0.3 is 9.64 Å². The highest BCUT2D eigenvalue weighted by atomic mass is 35.5. The number of sulfone groups is 1. The summed E-state index contributed by atoms with van der Waals surface area (Å²) >= 11 is 12.6. The van der Waals surface area contributed by atoms with Crippen LogP contribution in [-0.4, -0.2) is 47.7 Å². The number of nitrogens with zero attached hydrogens (tertiary/aromatic N) is 1. The summed E-state index contributed by atoms with van der Waals surface area (Å²) in [4.78, 5) is 29.3. The van der Waals surface area contributed by atoms with Gasteiger partial charge in [0.2, 0.25) is 0 Å². The van der Waals surface area contributed by atoms with Crippen LogP contribution in [0.2, 0.25) is 10.0 Å². The van der Waals surface area contributed by atoms with Gasteiger partial charge in [-0.15, -0.1) is 0 Å². The van der Waals surface area contributed by atoms with Crippen LogP contribution < -0.4 is 0 Å². The Kier molecular flexibility index (Phi) is 8.83. The molecule has 2 aromatic carbocycles. The molecule has 40 heavy (non-hydrogen) atoms. The summed E-state index contributed by atoms with van der Waals surface area (Å²) in [5.41, 5.74) is 0.840. The molecular weight excluding hydrogens is 569 g/mol. The van der Waals surface area contributed by atoms with Gasteiger partial charge in [0, 0.05) is 27.9 Å². The molecule has 4 rings (SSSR count). The van der Waals surface area contributed by atoms with E-state index in [9.17, 15) is 18.0 Å². The van der Waals surface area contributed by atoms with E-state index in [4.69, 9.17) is 27.9 Å². The first-order chi connectivity index (χ1) is 18.5. The van der Waals surface area contributed by atoms with Gasteiger partial charge in [0.1, 0.15) is 18.0 Å². The lowest BCUT2D eigenvalue weighted by Gasteiger charge is -2.49. The molecular formula is C31H39Cl2NO5S. The summed E-state index contributed by atoms with van der Waals surface area (Å²) in [5.74, 6) is -0.602. The number of Topliss-reactive ketones (excluding diaryl/α,β-unsaturated/α-hetero) is 1. The van der Waals surface area contributed by atoms with E-state index in [0.717, 1.165) is 24.0 Å². The predicted molar refractivity (Wildman–Crippen MR) is 159 cm³/mol. The number of amides is 1. The van der Waals surface area contributed by atoms with Crippen molar-refractivity contribution in [2.75, 3.05) is 5.75 Å². The van der Waals surface area contributed by atoms with Gasteiger partial charge in [-0.1, -0.05) is 68.2 Å². The number of ketones is 1. The van der Waals surface area contributed by atoms with Gasteiger partial charge in [0.15, 0.2) is 9.84 Å². The summed E-state index contributed by atoms with van der Waals surface area (Å²) in [5, 5.41) is 1.05. The molecule has 1 saturated carbocycles. The molecule has 1 amide bonds. The summed E-state index contributed by atoms with van der Waals surface area (Å²) in [7, 11) is -3.58. The zero-order valence-electron chi connectivity index (χ0n) is 24.0. The third-order valence-corrected chi connectivity index (χ3v) is 11.0. The van der Waals surface area contributed by atoms with Gasteiger partial charge in [-0.2, -0.15) is 0 Å². The Morgan fingerprint density at radius 1 is 0.975 bits per heavy atom. The molecule has 0 radical (unpaired) electrons. The summed E-state index contributed by atoms with van der Waals surface area (Å²) in [6, 6.07) is 13.2. The molecule has 0 aromatic heterocycles. The van der Waals surface area contributed by atoms with Gasteiger partial charge >= 0.3 is 0 Å². The van der Waals surface area contributed by atoms with Gasteiger partial charge in [0.05, 0.1) is 16.5 Å². The molecule has 2 aromatic rings. The van der Waals surface area contributed by atoms with E-state index in [1.54, 1.807) is 49.9 Å². The van der Waals surface area contributed by atoms with Crippen LogP contribution in [0.4, 0.5) is 0 Å². The second-order valence-corrected chi connectivity index (χ2v) is 16.7. The van der Waals surface area contributed by atoms with E-state index in [1.165, 1.54) is 0 Å². The Labute approximate surface area is 248 Å². The van der Waals surface area contributed by atoms with Crippen LogP contribution in [0, 0.1) is 11.3 Å². The topological polar surface area (TPSA) is 80.8 Å². The maximum atomic E-state index is 14.4. The van der Waals surface area contributed by atoms with Gasteiger partial charge in [0.25, 0.3) is 5.91 Å². The van der Waals surface area contributed by atoms with E-state index in [1.807, 2.05) is 45.0 Å². The molecule has 0 bridgehead atoms. The normalized spacial score (nSPS) is 23.2. The highest BCUT2D eigenvalue weighted by Crippen LogP contribution is 2.48. The molecule has 6 nitrogen and oxygen atoms in total. The second-order valence-electron chi connectivity index (χ2n) is 13.0. The zero-order chi connectivity index (χ0) is 29.6. The number of morpholine rings is 1. The monoisotopic (exact) mass is 607 g/mol. The average Bonchev–Trinajstić information content (AvgIpc) is 3.68. The molecule has 2 aliphatic rings. The van der Waals surface area contributed by atoms with Crippen molar-refractivity contribution in [1.29, 1.82) is 0 Å². The van der Waals surface area contributed by atoms with Gasteiger partial charge in [-0.05, 0) is 74.9 Å². The quantitative estimate of drug-likeness (QED) is 0.323. The Balaban J connectivity index is 1.90. The van der Waals surface area contributed by atoms with Crippen molar-refractivity contribution >= 4 is 44.7 Å². The number of hydrogen-bond donors (Lipinski definition) is 0. The highest BCUT2D eigenvalue weighted by Gasteiger charge is 2.52. The first-order valence-corrected chi connectivity index (χ1v) is 16.1. The molecule has 9 heteroatoms. The standard InChI is InChI=1S/C31H39Cl2NO5S/c1-30(2,3)26(35)17-25-29(36)34(24(19-10-11-19)18-40(37,38)31(4,5)6)27(20-12-14-22(32)15-13-20)28(39-25)21-8-7-9-23(33)16-21/h7-9,12-16,19,24-25,27-28H,10-11,17-18H2,1-6H3/t24-,25-,27-,28-/m1/s1. The number of ether oxygens (including phenoxy) is 1. The first kappa shape index (κ1) is 31.0. The molecule has 1 saturated heterocycles. The van der Waals surface area contributed by atoms with Crippen molar-refractivity contribution in [3.05, 3.63) is 69.7 Å². The minimum Gasteiger partial charge on any atom is -0.357 e. The Hall–Kier alpha value is -1.93. The molecule has 1 aliphatic carbocycles. The molecule has 0 spiro atoms. The van der Waals surface area contributed by atoms with Crippen LogP contribution in [-0.2, 0) is 24.2 Å². The molecule has 4 atom stereocenters. The molecule has 1 aliphatic heterocycles. The van der Waals surface area contributed by atoms with Crippen LogP contribution in [0.3, 0.4) is 0 Å². The molecule has 2 fully saturated rings. The number of carbonyl (C=O) groups is 2. The Bertz CT molecular complexity index is 1360. The number of hydrogen-bond acceptors (Lipinski definition) is 5. The lowest BCUT2D eigenvalue weighted by molar-refractivity contribution is -0.181. The summed E-state index contributed by atoms with van der Waals surface area (Å²) < 4.78 is 32.7. The predicted octanol–water partition coefficient (Wildman–Crippen LogP) is 7.00. The zero-order valence-corrected chi connectivity index (χ0v) is 26.3. The van der Waals surface area contributed by atoms with E-state index in [-0.39, 0.29) is 29.8 Å². The Morgan fingerprint density at radius 3 is 2.12 bits per heavy atom. The number of rotatable bonds is 8. The van der Waals surface area contributed by atoms with Crippen LogP contribution in [0.15, 0.2) is 48.5 Å². The second kappa shape index (κ2) is 11.4. The minimum absolute atomic E-state index is 0.0351. The van der Waals surface area contributed by atoms with Crippen LogP contribution in [0.25, 0.3) is 0 Å². The lowest BCUT2D eigenvalue weighted by atomic mass is 9.85. The van der Waals surface area contributed by atoms with E-state index in [0.29, 0.717) is 10.0 Å². The maximum absolute atomic E-state index is 14.4. The first-order valence-electron chi connectivity index (χ1n) is 13.7. The molecule has 1 heterocycles. The van der Waals surface area contributed by atoms with Crippen molar-refractivity contribution in [2.45, 2.75) is 89.8 Å². The van der Waals surface area contributed by atoms with E-state index < -0.39 is 44.3 Å². The molecule has 0 unspecified atom stereocenters. The highest BCUT2D eigenvalue weighted by molar-refractivity contribution is 7.92. The van der Waals surface area contributed by atoms with Crippen molar-refractivity contribution in [1.82, 2.24) is 4.90 Å². The van der Waals surface area contributed by atoms with E-state index in [2.05, 4.69) is 0 Å². The number of benzene rings is 2. The van der Waals surface area contributed by atoms with Crippen LogP contribution >= 0.6 is 23.2 Å². The number of carbonyl (C=O) groups excluding carboxylic acids is 2. The van der Waals surface area contributed by atoms with Crippen LogP contribution in [0.5, 0.6) is 0 Å². The van der Waals surface area contributed by atoms with Crippen molar-refractivity contribution in [2.24, 2.45) is 11.3 Å². The minimum atomic E-state index is -3.58. The van der Waals surface area contributed by atoms with Gasteiger partial charge in [-0.3, -0.25) is 9.59 Å². The smallest absolute Gasteiger partial charge is 0.253 e. The fourth-order valence-corrected chi connectivity index (χ4v) is 6.78. The fraction of sp³-hybridized carbons (Fsp3) is 0.548. The Morgan fingerprint density at radius 2 is 1.60 bits per heavy atom. The summed E-state index contributed by atoms with van der Waals surface area (Å²) in [6.45, 7) is 10.5. The summed E-state index contributed by atoms with van der Waals surface area (Å²) in [6.07, 6.45) is -0.190. The molecule has 218 valence electrons. The van der Waals surface area contributed by atoms with Crippen molar-refractivity contribution in [3.8, 4) is 0 Å². The lowest BCUT2D eigenvalue weighted by Crippen LogP contribution is -2.58. The van der Waals surface area contributed by atoms with Crippen molar-refractivity contribution in [3.63, 3.8) is 0 Å². The average molecular weight is 609 g/mol. The third-order valence-electron chi connectivity index (χ3n) is 7.87. The van der Waals surface area contributed by atoms with Crippen LogP contribution in [0.1, 0.15) is 84.1 Å². The number of halogens is 2. The third kappa shape index (κ3) is 6.75. The SMILES string of the molecule is CC(C)(C)C(=O)C[C@H]1O[C@H](c2cccc(Cl)c2)[C@@H](c2ccc(Cl)cc2)N([C@H](CS(=O)(=O)C(C)(C)C)C2CC2)C1=O.